The molecule has 0 fully saturated rings. The second-order valence-corrected chi connectivity index (χ2v) is 4.37. The number of furan rings is 1. The summed E-state index contributed by atoms with van der Waals surface area (Å²) in [6.07, 6.45) is 7.61. The van der Waals surface area contributed by atoms with E-state index in [1.807, 2.05) is 24.5 Å². The first-order valence-corrected chi connectivity index (χ1v) is 6.62. The molecule has 2 aromatic rings. The summed E-state index contributed by atoms with van der Waals surface area (Å²) in [6.45, 7) is 6.22. The van der Waals surface area contributed by atoms with Crippen LogP contribution < -0.4 is 5.32 Å². The van der Waals surface area contributed by atoms with Crippen LogP contribution in [0.2, 0.25) is 0 Å². The van der Waals surface area contributed by atoms with Gasteiger partial charge in [0.1, 0.15) is 11.6 Å². The number of likely N-dealkylation sites (N-methyl/N-ethyl adjacent to an activating group) is 1. The second kappa shape index (κ2) is 6.40. The highest BCUT2D eigenvalue weighted by Gasteiger charge is 2.16. The summed E-state index contributed by atoms with van der Waals surface area (Å²) in [5, 5.41) is 3.45. The van der Waals surface area contributed by atoms with E-state index in [4.69, 9.17) is 4.42 Å². The fourth-order valence-electron chi connectivity index (χ4n) is 2.17. The van der Waals surface area contributed by atoms with Crippen LogP contribution in [0.4, 0.5) is 0 Å². The van der Waals surface area contributed by atoms with Crippen molar-refractivity contribution < 1.29 is 4.42 Å². The molecule has 1 atom stereocenters. The van der Waals surface area contributed by atoms with Gasteiger partial charge in [0.15, 0.2) is 0 Å². The average Bonchev–Trinajstić information content (AvgIpc) is 3.01. The van der Waals surface area contributed by atoms with Gasteiger partial charge in [0.05, 0.1) is 12.3 Å². The van der Waals surface area contributed by atoms with Crippen molar-refractivity contribution in [2.24, 2.45) is 0 Å². The normalized spacial score (nSPS) is 12.8. The Balaban J connectivity index is 2.11. The number of imidazole rings is 1. The zero-order valence-electron chi connectivity index (χ0n) is 11.1. The Hall–Kier alpha value is -1.55. The molecule has 1 unspecified atom stereocenters. The maximum atomic E-state index is 5.50. The average molecular weight is 247 g/mol. The summed E-state index contributed by atoms with van der Waals surface area (Å²) >= 11 is 0. The molecule has 0 radical (unpaired) electrons. The van der Waals surface area contributed by atoms with Crippen LogP contribution in [-0.4, -0.2) is 16.1 Å². The van der Waals surface area contributed by atoms with E-state index in [9.17, 15) is 0 Å². The molecule has 2 aromatic heterocycles. The van der Waals surface area contributed by atoms with Crippen LogP contribution in [0.5, 0.6) is 0 Å². The Labute approximate surface area is 108 Å². The van der Waals surface area contributed by atoms with E-state index < -0.39 is 0 Å². The number of hydrogen-bond acceptors (Lipinski definition) is 3. The molecule has 4 nitrogen and oxygen atoms in total. The van der Waals surface area contributed by atoms with Crippen LogP contribution >= 0.6 is 0 Å². The van der Waals surface area contributed by atoms with E-state index >= 15 is 0 Å². The Morgan fingerprint density at radius 3 is 3.00 bits per heavy atom. The third kappa shape index (κ3) is 3.01. The van der Waals surface area contributed by atoms with Crippen molar-refractivity contribution in [1.29, 1.82) is 0 Å². The summed E-state index contributed by atoms with van der Waals surface area (Å²) in [7, 11) is 0. The molecule has 0 aromatic carbocycles. The molecule has 0 saturated carbocycles. The quantitative estimate of drug-likeness (QED) is 0.818. The van der Waals surface area contributed by atoms with E-state index in [0.29, 0.717) is 0 Å². The van der Waals surface area contributed by atoms with Crippen molar-refractivity contribution in [3.63, 3.8) is 0 Å². The van der Waals surface area contributed by atoms with Gasteiger partial charge in [-0.3, -0.25) is 0 Å². The summed E-state index contributed by atoms with van der Waals surface area (Å²) in [5.74, 6) is 2.09. The van der Waals surface area contributed by atoms with Gasteiger partial charge >= 0.3 is 0 Å². The predicted octanol–water partition coefficient (Wildman–Crippen LogP) is 2.78. The van der Waals surface area contributed by atoms with Gasteiger partial charge < -0.3 is 14.3 Å². The van der Waals surface area contributed by atoms with Gasteiger partial charge in [-0.1, -0.05) is 13.8 Å². The van der Waals surface area contributed by atoms with E-state index in [0.717, 1.165) is 37.5 Å². The number of aromatic nitrogens is 2. The molecule has 0 spiro atoms. The summed E-state index contributed by atoms with van der Waals surface area (Å²) in [4.78, 5) is 4.45. The molecule has 0 aliphatic heterocycles. The van der Waals surface area contributed by atoms with Crippen LogP contribution in [0.1, 0.15) is 37.9 Å². The minimum atomic E-state index is 0.197. The number of rotatable bonds is 7. The van der Waals surface area contributed by atoms with Gasteiger partial charge in [-0.25, -0.2) is 4.98 Å². The summed E-state index contributed by atoms with van der Waals surface area (Å²) in [5.41, 5.74) is 0. The monoisotopic (exact) mass is 247 g/mol. The minimum absolute atomic E-state index is 0.197. The molecular formula is C14H21N3O. The highest BCUT2D eigenvalue weighted by atomic mass is 16.3. The van der Waals surface area contributed by atoms with Gasteiger partial charge in [0.2, 0.25) is 0 Å². The molecule has 4 heteroatoms. The molecule has 0 saturated heterocycles. The zero-order chi connectivity index (χ0) is 12.8. The van der Waals surface area contributed by atoms with Crippen molar-refractivity contribution in [3.8, 4) is 0 Å². The van der Waals surface area contributed by atoms with Gasteiger partial charge in [0.25, 0.3) is 0 Å². The molecule has 2 heterocycles. The number of hydrogen-bond donors (Lipinski definition) is 1. The van der Waals surface area contributed by atoms with E-state index in [2.05, 4.69) is 28.7 Å². The Morgan fingerprint density at radius 1 is 1.44 bits per heavy atom. The van der Waals surface area contributed by atoms with Crippen LogP contribution in [-0.2, 0) is 13.0 Å². The van der Waals surface area contributed by atoms with Crippen LogP contribution in [0.3, 0.4) is 0 Å². The first-order valence-electron chi connectivity index (χ1n) is 6.62. The van der Waals surface area contributed by atoms with E-state index in [-0.39, 0.29) is 6.04 Å². The van der Waals surface area contributed by atoms with Gasteiger partial charge in [-0.05, 0) is 25.1 Å². The minimum Gasteiger partial charge on any atom is -0.468 e. The third-order valence-corrected chi connectivity index (χ3v) is 2.99. The standard InChI is InChI=1S/C14H21N3O/c1-3-8-17-9-7-16-14(17)11-12(15-4-2)13-6-5-10-18-13/h5-7,9-10,12,15H,3-4,8,11H2,1-2H3. The smallest absolute Gasteiger partial charge is 0.121 e. The fourth-order valence-corrected chi connectivity index (χ4v) is 2.17. The Kier molecular flexibility index (Phi) is 4.59. The molecule has 18 heavy (non-hydrogen) atoms. The third-order valence-electron chi connectivity index (χ3n) is 2.99. The number of aryl methyl sites for hydroxylation is 1. The van der Waals surface area contributed by atoms with Crippen LogP contribution in [0.15, 0.2) is 35.2 Å². The molecule has 0 aliphatic carbocycles. The topological polar surface area (TPSA) is 43.0 Å². The maximum Gasteiger partial charge on any atom is 0.121 e. The lowest BCUT2D eigenvalue weighted by atomic mass is 10.1. The molecule has 98 valence electrons. The Morgan fingerprint density at radius 2 is 2.33 bits per heavy atom. The van der Waals surface area contributed by atoms with Crippen molar-refractivity contribution in [2.75, 3.05) is 6.54 Å². The lowest BCUT2D eigenvalue weighted by molar-refractivity contribution is 0.407. The molecule has 0 aliphatic rings. The predicted molar refractivity (Wildman–Crippen MR) is 71.3 cm³/mol. The molecule has 0 amide bonds. The highest BCUT2D eigenvalue weighted by molar-refractivity contribution is 5.08. The van der Waals surface area contributed by atoms with Crippen molar-refractivity contribution in [1.82, 2.24) is 14.9 Å². The van der Waals surface area contributed by atoms with Crippen molar-refractivity contribution in [2.45, 2.75) is 39.3 Å². The number of nitrogens with one attached hydrogen (secondary N) is 1. The maximum absolute atomic E-state index is 5.50. The van der Waals surface area contributed by atoms with Crippen LogP contribution in [0, 0.1) is 0 Å². The largest absolute Gasteiger partial charge is 0.468 e. The molecule has 1 N–H and O–H groups in total. The summed E-state index contributed by atoms with van der Waals surface area (Å²) < 4.78 is 7.71. The molecule has 2 rings (SSSR count). The van der Waals surface area contributed by atoms with Gasteiger partial charge in [-0.15, -0.1) is 0 Å². The lowest BCUT2D eigenvalue weighted by Gasteiger charge is -2.16. The van der Waals surface area contributed by atoms with Gasteiger partial charge in [0, 0.05) is 25.4 Å². The molecule has 0 bridgehead atoms. The first kappa shape index (κ1) is 12.9. The van der Waals surface area contributed by atoms with Gasteiger partial charge in [-0.2, -0.15) is 0 Å². The van der Waals surface area contributed by atoms with Crippen LogP contribution in [0.25, 0.3) is 0 Å². The van der Waals surface area contributed by atoms with Crippen molar-refractivity contribution >= 4 is 0 Å². The van der Waals surface area contributed by atoms with E-state index in [1.54, 1.807) is 6.26 Å². The second-order valence-electron chi connectivity index (χ2n) is 4.37. The number of nitrogens with zero attached hydrogens (tertiary/aromatic N) is 2. The zero-order valence-corrected chi connectivity index (χ0v) is 11.1. The molecular weight excluding hydrogens is 226 g/mol. The van der Waals surface area contributed by atoms with Crippen molar-refractivity contribution in [3.05, 3.63) is 42.4 Å². The Bertz CT molecular complexity index is 447. The summed E-state index contributed by atoms with van der Waals surface area (Å²) in [6, 6.07) is 4.14. The lowest BCUT2D eigenvalue weighted by Crippen LogP contribution is -2.24. The SMILES string of the molecule is CCCn1ccnc1CC(NCC)c1ccco1. The van der Waals surface area contributed by atoms with E-state index in [1.165, 1.54) is 0 Å². The first-order chi connectivity index (χ1) is 8.85. The highest BCUT2D eigenvalue weighted by Crippen LogP contribution is 2.18. The fraction of sp³-hybridized carbons (Fsp3) is 0.500.